The van der Waals surface area contributed by atoms with Gasteiger partial charge in [0.1, 0.15) is 11.6 Å². The molecule has 0 fully saturated rings. The first kappa shape index (κ1) is 19.8. The topological polar surface area (TPSA) is 84.5 Å². The maximum absolute atomic E-state index is 14.2. The van der Waals surface area contributed by atoms with Crippen LogP contribution in [0.3, 0.4) is 0 Å². The molecule has 144 valence electrons. The molecule has 0 radical (unpaired) electrons. The highest BCUT2D eigenvalue weighted by Gasteiger charge is 2.26. The van der Waals surface area contributed by atoms with E-state index in [0.29, 0.717) is 18.8 Å². The first-order chi connectivity index (χ1) is 12.8. The third-order valence-corrected chi connectivity index (χ3v) is 6.18. The van der Waals surface area contributed by atoms with Crippen molar-refractivity contribution >= 4 is 31.9 Å². The van der Waals surface area contributed by atoms with Crippen LogP contribution in [-0.2, 0) is 10.0 Å². The van der Waals surface area contributed by atoms with Crippen LogP contribution in [0.25, 0.3) is 0 Å². The Kier molecular flexibility index (Phi) is 5.83. The van der Waals surface area contributed by atoms with Gasteiger partial charge >= 0.3 is 0 Å². The molecule has 2 N–H and O–H groups in total. The van der Waals surface area contributed by atoms with Crippen molar-refractivity contribution in [3.05, 3.63) is 57.8 Å². The molecular weight excluding hydrogens is 439 g/mol. The van der Waals surface area contributed by atoms with Gasteiger partial charge in [0.2, 0.25) is 10.0 Å². The van der Waals surface area contributed by atoms with E-state index in [4.69, 9.17) is 4.74 Å². The average molecular weight is 457 g/mol. The molecule has 1 aliphatic heterocycles. The van der Waals surface area contributed by atoms with Crippen molar-refractivity contribution in [1.82, 2.24) is 10.0 Å². The second kappa shape index (κ2) is 7.95. The van der Waals surface area contributed by atoms with E-state index in [1.54, 1.807) is 13.0 Å². The lowest BCUT2D eigenvalue weighted by Crippen LogP contribution is -2.33. The van der Waals surface area contributed by atoms with Crippen LogP contribution in [0.1, 0.15) is 35.3 Å². The molecule has 0 saturated carbocycles. The Bertz CT molecular complexity index is 981. The summed E-state index contributed by atoms with van der Waals surface area (Å²) in [6.07, 6.45) is 0.520. The van der Waals surface area contributed by atoms with Gasteiger partial charge in [-0.1, -0.05) is 22.9 Å². The first-order valence-corrected chi connectivity index (χ1v) is 10.6. The zero-order valence-corrected chi connectivity index (χ0v) is 16.9. The molecule has 0 spiro atoms. The molecule has 6 nitrogen and oxygen atoms in total. The van der Waals surface area contributed by atoms with Crippen molar-refractivity contribution < 1.29 is 22.3 Å². The smallest absolute Gasteiger partial charge is 0.254 e. The van der Waals surface area contributed by atoms with Crippen LogP contribution in [0.5, 0.6) is 5.75 Å². The van der Waals surface area contributed by atoms with Crippen LogP contribution >= 0.6 is 15.9 Å². The van der Waals surface area contributed by atoms with Gasteiger partial charge in [0.15, 0.2) is 0 Å². The number of amides is 1. The molecule has 1 aliphatic rings. The van der Waals surface area contributed by atoms with Gasteiger partial charge in [-0.25, -0.2) is 17.5 Å². The number of rotatable bonds is 5. The number of ether oxygens (including phenoxy) is 1. The number of sulfonamides is 1. The van der Waals surface area contributed by atoms with Crippen molar-refractivity contribution in [2.75, 3.05) is 13.2 Å². The third-order valence-electron chi connectivity index (χ3n) is 4.14. The standard InChI is InChI=1S/C18H18BrFN2O4S/c1-2-21-27(24,25)12-4-5-15(20)13(10-12)18(23)22-16-7-8-26-17-6-3-11(19)9-14(16)17/h3-6,9-10,16,21H,2,7-8H2,1H3,(H,22,23). The van der Waals surface area contributed by atoms with Crippen LogP contribution in [0.15, 0.2) is 45.8 Å². The van der Waals surface area contributed by atoms with Gasteiger partial charge in [0.25, 0.3) is 5.91 Å². The Morgan fingerprint density at radius 2 is 2.07 bits per heavy atom. The second-order valence-electron chi connectivity index (χ2n) is 5.99. The van der Waals surface area contributed by atoms with E-state index in [0.717, 1.165) is 28.2 Å². The fourth-order valence-electron chi connectivity index (χ4n) is 2.87. The van der Waals surface area contributed by atoms with Gasteiger partial charge in [-0.3, -0.25) is 4.79 Å². The van der Waals surface area contributed by atoms with Crippen molar-refractivity contribution in [2.45, 2.75) is 24.3 Å². The number of benzene rings is 2. The summed E-state index contributed by atoms with van der Waals surface area (Å²) in [4.78, 5) is 12.5. The van der Waals surface area contributed by atoms with E-state index in [-0.39, 0.29) is 23.0 Å². The molecule has 0 aliphatic carbocycles. The lowest BCUT2D eigenvalue weighted by atomic mass is 10.00. The van der Waals surface area contributed by atoms with Crippen LogP contribution in [0, 0.1) is 5.82 Å². The summed E-state index contributed by atoms with van der Waals surface area (Å²) >= 11 is 3.38. The Morgan fingerprint density at radius 3 is 2.81 bits per heavy atom. The van der Waals surface area contributed by atoms with E-state index in [9.17, 15) is 17.6 Å². The van der Waals surface area contributed by atoms with Gasteiger partial charge in [-0.2, -0.15) is 0 Å². The zero-order chi connectivity index (χ0) is 19.6. The highest BCUT2D eigenvalue weighted by Crippen LogP contribution is 2.34. The van der Waals surface area contributed by atoms with Crippen LogP contribution < -0.4 is 14.8 Å². The summed E-state index contributed by atoms with van der Waals surface area (Å²) in [7, 11) is -3.79. The summed E-state index contributed by atoms with van der Waals surface area (Å²) in [5.41, 5.74) is 0.456. The summed E-state index contributed by atoms with van der Waals surface area (Å²) < 4.78 is 47.2. The van der Waals surface area contributed by atoms with Crippen LogP contribution in [-0.4, -0.2) is 27.5 Å². The number of halogens is 2. The minimum absolute atomic E-state index is 0.161. The number of fused-ring (bicyclic) bond motifs is 1. The maximum atomic E-state index is 14.2. The second-order valence-corrected chi connectivity index (χ2v) is 8.67. The number of carbonyl (C=O) groups excluding carboxylic acids is 1. The summed E-state index contributed by atoms with van der Waals surface area (Å²) in [6, 6.07) is 8.25. The van der Waals surface area contributed by atoms with Gasteiger partial charge in [0, 0.05) is 23.0 Å². The van der Waals surface area contributed by atoms with E-state index < -0.39 is 21.7 Å². The SMILES string of the molecule is CCNS(=O)(=O)c1ccc(F)c(C(=O)NC2CCOc3ccc(Br)cc32)c1. The number of hydrogen-bond acceptors (Lipinski definition) is 4. The molecule has 3 rings (SSSR count). The lowest BCUT2D eigenvalue weighted by molar-refractivity contribution is 0.0920. The van der Waals surface area contributed by atoms with E-state index in [1.165, 1.54) is 0 Å². The molecule has 2 aromatic carbocycles. The zero-order valence-electron chi connectivity index (χ0n) is 14.5. The Morgan fingerprint density at radius 1 is 1.30 bits per heavy atom. The van der Waals surface area contributed by atoms with Crippen molar-refractivity contribution in [1.29, 1.82) is 0 Å². The molecule has 1 amide bonds. The summed E-state index contributed by atoms with van der Waals surface area (Å²) in [5.74, 6) is -0.818. The molecule has 27 heavy (non-hydrogen) atoms. The van der Waals surface area contributed by atoms with Gasteiger partial charge in [-0.15, -0.1) is 0 Å². The molecule has 0 bridgehead atoms. The Hall–Kier alpha value is -1.97. The van der Waals surface area contributed by atoms with Gasteiger partial charge < -0.3 is 10.1 Å². The normalized spacial score (nSPS) is 16.3. The van der Waals surface area contributed by atoms with Crippen LogP contribution in [0.2, 0.25) is 0 Å². The minimum atomic E-state index is -3.79. The van der Waals surface area contributed by atoms with E-state index >= 15 is 0 Å². The molecule has 2 aromatic rings. The van der Waals surface area contributed by atoms with Crippen LogP contribution in [0.4, 0.5) is 4.39 Å². The van der Waals surface area contributed by atoms with Gasteiger partial charge in [-0.05, 0) is 36.4 Å². The lowest BCUT2D eigenvalue weighted by Gasteiger charge is -2.27. The summed E-state index contributed by atoms with van der Waals surface area (Å²) in [6.45, 7) is 2.24. The Balaban J connectivity index is 1.89. The number of carbonyl (C=O) groups is 1. The third kappa shape index (κ3) is 4.31. The fourth-order valence-corrected chi connectivity index (χ4v) is 4.32. The predicted molar refractivity (Wildman–Crippen MR) is 102 cm³/mol. The van der Waals surface area contributed by atoms with E-state index in [1.807, 2.05) is 12.1 Å². The average Bonchev–Trinajstić information content (AvgIpc) is 2.62. The van der Waals surface area contributed by atoms with Crippen molar-refractivity contribution in [3.8, 4) is 5.75 Å². The largest absolute Gasteiger partial charge is 0.493 e. The molecule has 1 heterocycles. The summed E-state index contributed by atoms with van der Waals surface area (Å²) in [5, 5.41) is 2.78. The van der Waals surface area contributed by atoms with E-state index in [2.05, 4.69) is 26.0 Å². The number of hydrogen-bond donors (Lipinski definition) is 2. The molecule has 1 unspecified atom stereocenters. The quantitative estimate of drug-likeness (QED) is 0.723. The predicted octanol–water partition coefficient (Wildman–Crippen LogP) is 3.14. The Labute approximate surface area is 165 Å². The first-order valence-electron chi connectivity index (χ1n) is 8.34. The van der Waals surface area contributed by atoms with Gasteiger partial charge in [0.05, 0.1) is 23.1 Å². The molecule has 1 atom stereocenters. The minimum Gasteiger partial charge on any atom is -0.493 e. The van der Waals surface area contributed by atoms with Crippen molar-refractivity contribution in [2.24, 2.45) is 0 Å². The fraction of sp³-hybridized carbons (Fsp3) is 0.278. The highest BCUT2D eigenvalue weighted by atomic mass is 79.9. The molecule has 0 saturated heterocycles. The highest BCUT2D eigenvalue weighted by molar-refractivity contribution is 9.10. The molecular formula is C18H18BrFN2O4S. The number of nitrogens with one attached hydrogen (secondary N) is 2. The molecule has 0 aromatic heterocycles. The molecule has 9 heteroatoms. The monoisotopic (exact) mass is 456 g/mol. The maximum Gasteiger partial charge on any atom is 0.254 e. The van der Waals surface area contributed by atoms with Crippen molar-refractivity contribution in [3.63, 3.8) is 0 Å².